The molecule has 4 heteroatoms. The zero-order chi connectivity index (χ0) is 11.1. The second kappa shape index (κ2) is 6.79. The van der Waals surface area contributed by atoms with E-state index in [4.69, 9.17) is 9.84 Å². The van der Waals surface area contributed by atoms with Gasteiger partial charge in [-0.15, -0.1) is 0 Å². The predicted molar refractivity (Wildman–Crippen MR) is 66.6 cm³/mol. The lowest BCUT2D eigenvalue weighted by Crippen LogP contribution is -2.00. The average Bonchev–Trinajstić information content (AvgIpc) is 2.25. The number of halogens is 1. The quantitative estimate of drug-likeness (QED) is 0.498. The first-order valence-corrected chi connectivity index (χ1v) is 6.22. The van der Waals surface area contributed by atoms with E-state index in [9.17, 15) is 4.79 Å². The Kier molecular flexibility index (Phi) is 5.63. The number of ether oxygens (including phenoxy) is 1. The van der Waals surface area contributed by atoms with Crippen molar-refractivity contribution in [2.24, 2.45) is 0 Å². The molecule has 0 amide bonds. The second-order valence-electron chi connectivity index (χ2n) is 3.10. The number of carboxylic acids is 1. The molecule has 0 spiro atoms. The lowest BCUT2D eigenvalue weighted by molar-refractivity contribution is 0.0696. The topological polar surface area (TPSA) is 46.5 Å². The summed E-state index contributed by atoms with van der Waals surface area (Å²) in [5.41, 5.74) is 1.22. The van der Waals surface area contributed by atoms with Gasteiger partial charge >= 0.3 is 5.97 Å². The van der Waals surface area contributed by atoms with E-state index in [1.807, 2.05) is 6.07 Å². The van der Waals surface area contributed by atoms with E-state index in [1.54, 1.807) is 18.2 Å². The Labute approximate surface area is 103 Å². The molecule has 0 saturated carbocycles. The van der Waals surface area contributed by atoms with Crippen molar-refractivity contribution in [3.05, 3.63) is 35.4 Å². The van der Waals surface area contributed by atoms with E-state index < -0.39 is 5.97 Å². The minimum absolute atomic E-state index is 0.310. The van der Waals surface area contributed by atoms with Gasteiger partial charge in [0.1, 0.15) is 0 Å². The van der Waals surface area contributed by atoms with Crippen LogP contribution in [-0.4, -0.2) is 22.1 Å². The van der Waals surface area contributed by atoms with Crippen LogP contribution in [0.2, 0.25) is 0 Å². The first-order chi connectivity index (χ1) is 7.24. The molecule has 1 aromatic rings. The van der Waals surface area contributed by atoms with Crippen LogP contribution in [0.3, 0.4) is 0 Å². The number of rotatable bonds is 6. The van der Waals surface area contributed by atoms with Crippen LogP contribution in [0.5, 0.6) is 0 Å². The zero-order valence-corrected chi connectivity index (χ0v) is 10.4. The summed E-state index contributed by atoms with van der Waals surface area (Å²) < 4.78 is 6.47. The maximum atomic E-state index is 10.7. The van der Waals surface area contributed by atoms with Gasteiger partial charge in [-0.2, -0.15) is 0 Å². The summed E-state index contributed by atoms with van der Waals surface area (Å²) in [5.74, 6) is -0.899. The second-order valence-corrected chi connectivity index (χ2v) is 4.18. The smallest absolute Gasteiger partial charge is 0.335 e. The Balaban J connectivity index is 2.47. The maximum Gasteiger partial charge on any atom is 0.335 e. The fraction of sp³-hybridized carbons (Fsp3) is 0.364. The molecule has 0 radical (unpaired) electrons. The molecule has 0 aromatic heterocycles. The molecule has 0 aliphatic carbocycles. The Morgan fingerprint density at radius 1 is 1.47 bits per heavy atom. The van der Waals surface area contributed by atoms with Crippen LogP contribution in [0, 0.1) is 0 Å². The lowest BCUT2D eigenvalue weighted by Gasteiger charge is -2.03. The fourth-order valence-electron chi connectivity index (χ4n) is 1.14. The largest absolute Gasteiger partial charge is 0.478 e. The first-order valence-electron chi connectivity index (χ1n) is 4.70. The molecule has 0 atom stereocenters. The zero-order valence-electron chi connectivity index (χ0n) is 8.28. The Hall–Kier alpha value is -0.620. The van der Waals surface area contributed by atoms with Crippen molar-refractivity contribution < 1.29 is 14.6 Å². The summed E-state index contributed by atoms with van der Waals surface area (Å²) in [6.07, 6.45) is 1.03. The molecular weight excluding hydrogens is 307 g/mol. The number of benzene rings is 1. The van der Waals surface area contributed by atoms with Crippen LogP contribution < -0.4 is 0 Å². The maximum absolute atomic E-state index is 10.7. The third-order valence-corrected chi connectivity index (χ3v) is 2.63. The van der Waals surface area contributed by atoms with E-state index >= 15 is 0 Å². The van der Waals surface area contributed by atoms with Gasteiger partial charge in [0.2, 0.25) is 0 Å². The average molecular weight is 320 g/mol. The number of hydrogen-bond donors (Lipinski definition) is 1. The first kappa shape index (κ1) is 12.4. The Bertz CT molecular complexity index is 325. The van der Waals surface area contributed by atoms with Crippen LogP contribution in [-0.2, 0) is 11.3 Å². The molecule has 1 aromatic carbocycles. The predicted octanol–water partition coefficient (Wildman–Crippen LogP) is 2.73. The van der Waals surface area contributed by atoms with Gasteiger partial charge in [0.15, 0.2) is 0 Å². The Morgan fingerprint density at radius 2 is 2.27 bits per heavy atom. The molecule has 1 N–H and O–H groups in total. The van der Waals surface area contributed by atoms with Gasteiger partial charge in [0, 0.05) is 11.0 Å². The van der Waals surface area contributed by atoms with E-state index in [0.717, 1.165) is 23.0 Å². The number of hydrogen-bond acceptors (Lipinski definition) is 2. The van der Waals surface area contributed by atoms with Gasteiger partial charge in [-0.25, -0.2) is 4.79 Å². The molecule has 0 heterocycles. The summed E-state index contributed by atoms with van der Waals surface area (Å²) in [5, 5.41) is 8.78. The van der Waals surface area contributed by atoms with Crippen molar-refractivity contribution in [1.82, 2.24) is 0 Å². The number of aromatic carboxylic acids is 1. The number of alkyl halides is 1. The van der Waals surface area contributed by atoms with Crippen molar-refractivity contribution in [2.75, 3.05) is 11.0 Å². The van der Waals surface area contributed by atoms with Crippen LogP contribution in [0.1, 0.15) is 22.3 Å². The monoisotopic (exact) mass is 320 g/mol. The van der Waals surface area contributed by atoms with Crippen molar-refractivity contribution >= 4 is 28.6 Å². The molecule has 0 fully saturated rings. The molecule has 0 aliphatic rings. The van der Waals surface area contributed by atoms with Crippen LogP contribution in [0.4, 0.5) is 0 Å². The van der Waals surface area contributed by atoms with Gasteiger partial charge in [0.25, 0.3) is 0 Å². The summed E-state index contributed by atoms with van der Waals surface area (Å²) in [6, 6.07) is 6.83. The van der Waals surface area contributed by atoms with Gasteiger partial charge in [-0.05, 0) is 24.1 Å². The molecule has 15 heavy (non-hydrogen) atoms. The molecule has 82 valence electrons. The number of carboxylic acid groups (broad SMARTS) is 1. The van der Waals surface area contributed by atoms with Crippen molar-refractivity contribution in [3.63, 3.8) is 0 Å². The summed E-state index contributed by atoms with van der Waals surface area (Å²) in [6.45, 7) is 1.21. The third-order valence-electron chi connectivity index (χ3n) is 1.86. The molecular formula is C11H13IO3. The highest BCUT2D eigenvalue weighted by molar-refractivity contribution is 14.1. The van der Waals surface area contributed by atoms with Crippen molar-refractivity contribution in [2.45, 2.75) is 13.0 Å². The Morgan fingerprint density at radius 3 is 2.93 bits per heavy atom. The molecule has 0 bridgehead atoms. The standard InChI is InChI=1S/C11H13IO3/c12-5-2-6-15-8-9-3-1-4-10(7-9)11(13)14/h1,3-4,7H,2,5-6,8H2,(H,13,14). The minimum atomic E-state index is -0.899. The normalized spacial score (nSPS) is 10.2. The van der Waals surface area contributed by atoms with Gasteiger partial charge in [-0.1, -0.05) is 34.7 Å². The van der Waals surface area contributed by atoms with Crippen LogP contribution in [0.15, 0.2) is 24.3 Å². The fourth-order valence-corrected chi connectivity index (χ4v) is 1.45. The van der Waals surface area contributed by atoms with E-state index in [1.165, 1.54) is 0 Å². The summed E-state index contributed by atoms with van der Waals surface area (Å²) in [7, 11) is 0. The summed E-state index contributed by atoms with van der Waals surface area (Å²) >= 11 is 2.30. The highest BCUT2D eigenvalue weighted by Gasteiger charge is 2.02. The molecule has 0 unspecified atom stereocenters. The van der Waals surface area contributed by atoms with Crippen molar-refractivity contribution in [3.8, 4) is 0 Å². The minimum Gasteiger partial charge on any atom is -0.478 e. The molecule has 0 saturated heterocycles. The van der Waals surface area contributed by atoms with Gasteiger partial charge in [0.05, 0.1) is 12.2 Å². The van der Waals surface area contributed by atoms with E-state index in [0.29, 0.717) is 12.2 Å². The SMILES string of the molecule is O=C(O)c1cccc(COCCCI)c1. The number of carbonyl (C=O) groups is 1. The summed E-state index contributed by atoms with van der Waals surface area (Å²) in [4.78, 5) is 10.7. The lowest BCUT2D eigenvalue weighted by atomic mass is 10.1. The molecule has 3 nitrogen and oxygen atoms in total. The molecule has 0 aliphatic heterocycles. The third kappa shape index (κ3) is 4.61. The van der Waals surface area contributed by atoms with Gasteiger partial charge in [-0.3, -0.25) is 0 Å². The van der Waals surface area contributed by atoms with E-state index in [2.05, 4.69) is 22.6 Å². The van der Waals surface area contributed by atoms with Gasteiger partial charge < -0.3 is 9.84 Å². The molecule has 1 rings (SSSR count). The highest BCUT2D eigenvalue weighted by Crippen LogP contribution is 2.07. The highest BCUT2D eigenvalue weighted by atomic mass is 127. The van der Waals surface area contributed by atoms with Crippen LogP contribution in [0.25, 0.3) is 0 Å². The van der Waals surface area contributed by atoms with E-state index in [-0.39, 0.29) is 0 Å². The van der Waals surface area contributed by atoms with Crippen molar-refractivity contribution in [1.29, 1.82) is 0 Å². The van der Waals surface area contributed by atoms with Crippen LogP contribution >= 0.6 is 22.6 Å².